The molecular weight excluding hydrogens is 292 g/mol. The lowest BCUT2D eigenvalue weighted by atomic mass is 10.1. The molecule has 0 amide bonds. The van der Waals surface area contributed by atoms with Crippen molar-refractivity contribution in [3.63, 3.8) is 0 Å². The Labute approximate surface area is 131 Å². The van der Waals surface area contributed by atoms with Crippen LogP contribution >= 0.6 is 23.8 Å². The molecule has 0 bridgehead atoms. The first-order valence-corrected chi connectivity index (χ1v) is 7.68. The minimum Gasteiger partial charge on any atom is -0.389 e. The molecule has 0 aromatic heterocycles. The minimum atomic E-state index is 0.334. The second kappa shape index (κ2) is 6.74. The van der Waals surface area contributed by atoms with Gasteiger partial charge in [0.25, 0.3) is 0 Å². The molecule has 2 rings (SSSR count). The molecular formula is C15H21ClN2OS. The summed E-state index contributed by atoms with van der Waals surface area (Å²) < 4.78 is 5.22. The number of rotatable bonds is 7. The molecule has 5 heteroatoms. The topological polar surface area (TPSA) is 38.5 Å². The van der Waals surface area contributed by atoms with Gasteiger partial charge in [0.1, 0.15) is 4.99 Å². The number of halogens is 1. The number of nitrogens with two attached hydrogens (primary N) is 1. The van der Waals surface area contributed by atoms with Crippen molar-refractivity contribution < 1.29 is 4.74 Å². The lowest BCUT2D eigenvalue weighted by molar-refractivity contribution is 0.202. The highest BCUT2D eigenvalue weighted by atomic mass is 35.5. The van der Waals surface area contributed by atoms with E-state index in [2.05, 4.69) is 11.8 Å². The lowest BCUT2D eigenvalue weighted by Gasteiger charge is -2.31. The third kappa shape index (κ3) is 3.62. The van der Waals surface area contributed by atoms with E-state index in [9.17, 15) is 0 Å². The Bertz CT molecular complexity index is 491. The Hall–Kier alpha value is -0.840. The van der Waals surface area contributed by atoms with Crippen molar-refractivity contribution in [1.29, 1.82) is 0 Å². The molecule has 0 saturated heterocycles. The Morgan fingerprint density at radius 1 is 1.55 bits per heavy atom. The van der Waals surface area contributed by atoms with Gasteiger partial charge in [-0.05, 0) is 43.9 Å². The Balaban J connectivity index is 2.23. The molecule has 1 atom stereocenters. The highest BCUT2D eigenvalue weighted by molar-refractivity contribution is 7.80. The first kappa shape index (κ1) is 15.5. The number of nitrogens with zero attached hydrogens (tertiary/aromatic N) is 1. The normalized spacial score (nSPS) is 15.9. The zero-order valence-corrected chi connectivity index (χ0v) is 13.5. The van der Waals surface area contributed by atoms with Crippen LogP contribution in [0.1, 0.15) is 25.3 Å². The van der Waals surface area contributed by atoms with Gasteiger partial charge in [-0.2, -0.15) is 0 Å². The summed E-state index contributed by atoms with van der Waals surface area (Å²) >= 11 is 11.3. The smallest absolute Gasteiger partial charge is 0.105 e. The maximum Gasteiger partial charge on any atom is 0.105 e. The standard InChI is InChI=1S/C15H21ClN2OS/c1-10(11-3-4-11)18(7-8-19-2)12-5-6-13(15(17)20)14(16)9-12/h5-6,9-11H,3-4,7-8H2,1-2H3,(H2,17,20). The quantitative estimate of drug-likeness (QED) is 0.785. The third-order valence-corrected chi connectivity index (χ3v) is 4.41. The van der Waals surface area contributed by atoms with Gasteiger partial charge in [0.15, 0.2) is 0 Å². The monoisotopic (exact) mass is 312 g/mol. The van der Waals surface area contributed by atoms with E-state index in [4.69, 9.17) is 34.3 Å². The van der Waals surface area contributed by atoms with Gasteiger partial charge in [-0.1, -0.05) is 23.8 Å². The maximum atomic E-state index is 6.28. The number of thiocarbonyl (C=S) groups is 1. The zero-order chi connectivity index (χ0) is 14.7. The number of ether oxygens (including phenoxy) is 1. The fourth-order valence-electron chi connectivity index (χ4n) is 2.47. The van der Waals surface area contributed by atoms with Crippen LogP contribution in [-0.2, 0) is 4.74 Å². The number of hydrogen-bond donors (Lipinski definition) is 1. The average Bonchev–Trinajstić information content (AvgIpc) is 3.22. The molecule has 0 heterocycles. The summed E-state index contributed by atoms with van der Waals surface area (Å²) in [6.45, 7) is 3.82. The van der Waals surface area contributed by atoms with Crippen molar-refractivity contribution in [3.05, 3.63) is 28.8 Å². The van der Waals surface area contributed by atoms with Crippen LogP contribution in [0.5, 0.6) is 0 Å². The van der Waals surface area contributed by atoms with E-state index in [-0.39, 0.29) is 0 Å². The number of anilines is 1. The van der Waals surface area contributed by atoms with Crippen molar-refractivity contribution in [2.45, 2.75) is 25.8 Å². The highest BCUT2D eigenvalue weighted by Gasteiger charge is 2.32. The molecule has 0 aliphatic heterocycles. The summed E-state index contributed by atoms with van der Waals surface area (Å²) in [6, 6.07) is 6.38. The lowest BCUT2D eigenvalue weighted by Crippen LogP contribution is -2.37. The fourth-order valence-corrected chi connectivity index (χ4v) is 2.98. The van der Waals surface area contributed by atoms with E-state index in [1.54, 1.807) is 7.11 Å². The summed E-state index contributed by atoms with van der Waals surface area (Å²) in [7, 11) is 1.73. The van der Waals surface area contributed by atoms with Gasteiger partial charge in [0.2, 0.25) is 0 Å². The van der Waals surface area contributed by atoms with Crippen molar-refractivity contribution >= 4 is 34.5 Å². The maximum absolute atomic E-state index is 6.28. The van der Waals surface area contributed by atoms with Gasteiger partial charge in [-0.3, -0.25) is 0 Å². The van der Waals surface area contributed by atoms with Crippen molar-refractivity contribution in [2.75, 3.05) is 25.2 Å². The molecule has 1 aliphatic rings. The van der Waals surface area contributed by atoms with E-state index < -0.39 is 0 Å². The van der Waals surface area contributed by atoms with Gasteiger partial charge < -0.3 is 15.4 Å². The van der Waals surface area contributed by atoms with Gasteiger partial charge >= 0.3 is 0 Å². The van der Waals surface area contributed by atoms with Gasteiger partial charge in [0, 0.05) is 30.9 Å². The van der Waals surface area contributed by atoms with Crippen LogP contribution in [0.2, 0.25) is 5.02 Å². The highest BCUT2D eigenvalue weighted by Crippen LogP contribution is 2.37. The molecule has 1 aliphatic carbocycles. The van der Waals surface area contributed by atoms with Crippen LogP contribution in [0.15, 0.2) is 18.2 Å². The van der Waals surface area contributed by atoms with Crippen LogP contribution in [0.4, 0.5) is 5.69 Å². The molecule has 1 unspecified atom stereocenters. The number of methoxy groups -OCH3 is 1. The summed E-state index contributed by atoms with van der Waals surface area (Å²) in [5, 5.41) is 0.611. The Morgan fingerprint density at radius 3 is 2.75 bits per heavy atom. The fraction of sp³-hybridized carbons (Fsp3) is 0.533. The van der Waals surface area contributed by atoms with Crippen molar-refractivity contribution in [3.8, 4) is 0 Å². The Morgan fingerprint density at radius 2 is 2.25 bits per heavy atom. The van der Waals surface area contributed by atoms with Gasteiger partial charge in [-0.25, -0.2) is 0 Å². The predicted octanol–water partition coefficient (Wildman–Crippen LogP) is 3.23. The van der Waals surface area contributed by atoms with Crippen LogP contribution in [0.3, 0.4) is 0 Å². The molecule has 1 saturated carbocycles. The van der Waals surface area contributed by atoms with E-state index in [1.165, 1.54) is 12.8 Å². The summed E-state index contributed by atoms with van der Waals surface area (Å²) in [5.41, 5.74) is 7.49. The Kier molecular flexibility index (Phi) is 5.24. The molecule has 110 valence electrons. The molecule has 1 aromatic carbocycles. The van der Waals surface area contributed by atoms with Gasteiger partial charge in [-0.15, -0.1) is 0 Å². The van der Waals surface area contributed by atoms with E-state index in [0.29, 0.717) is 22.7 Å². The van der Waals surface area contributed by atoms with Gasteiger partial charge in [0.05, 0.1) is 11.6 Å². The van der Waals surface area contributed by atoms with Crippen molar-refractivity contribution in [1.82, 2.24) is 0 Å². The SMILES string of the molecule is COCCN(c1ccc(C(N)=S)c(Cl)c1)C(C)C1CC1. The largest absolute Gasteiger partial charge is 0.389 e. The first-order chi connectivity index (χ1) is 9.54. The van der Waals surface area contributed by atoms with Crippen LogP contribution in [0.25, 0.3) is 0 Å². The number of hydrogen-bond acceptors (Lipinski definition) is 3. The molecule has 2 N–H and O–H groups in total. The van der Waals surface area contributed by atoms with Crippen LogP contribution in [-0.4, -0.2) is 31.3 Å². The zero-order valence-electron chi connectivity index (χ0n) is 11.9. The summed E-state index contributed by atoms with van der Waals surface area (Å²) in [4.78, 5) is 2.69. The second-order valence-electron chi connectivity index (χ2n) is 5.29. The third-order valence-electron chi connectivity index (χ3n) is 3.88. The van der Waals surface area contributed by atoms with Crippen molar-refractivity contribution in [2.24, 2.45) is 11.7 Å². The van der Waals surface area contributed by atoms with Crippen LogP contribution in [0, 0.1) is 5.92 Å². The molecule has 20 heavy (non-hydrogen) atoms. The second-order valence-corrected chi connectivity index (χ2v) is 6.14. The van der Waals surface area contributed by atoms with Crippen LogP contribution < -0.4 is 10.6 Å². The summed E-state index contributed by atoms with van der Waals surface area (Å²) in [5.74, 6) is 0.779. The minimum absolute atomic E-state index is 0.334. The summed E-state index contributed by atoms with van der Waals surface area (Å²) in [6.07, 6.45) is 2.62. The first-order valence-electron chi connectivity index (χ1n) is 6.89. The molecule has 1 aromatic rings. The molecule has 0 radical (unpaired) electrons. The molecule has 1 fully saturated rings. The predicted molar refractivity (Wildman–Crippen MR) is 88.7 cm³/mol. The molecule has 3 nitrogen and oxygen atoms in total. The number of benzene rings is 1. The molecule has 0 spiro atoms. The van der Waals surface area contributed by atoms with E-state index >= 15 is 0 Å². The van der Waals surface area contributed by atoms with E-state index in [1.807, 2.05) is 18.2 Å². The average molecular weight is 313 g/mol. The van der Waals surface area contributed by atoms with E-state index in [0.717, 1.165) is 23.7 Å².